The third-order valence-electron chi connectivity index (χ3n) is 9.01. The van der Waals surface area contributed by atoms with Gasteiger partial charge in [-0.05, 0) is 70.3 Å². The number of hydrogen-bond acceptors (Lipinski definition) is 8. The topological polar surface area (TPSA) is 124 Å². The second-order valence-electron chi connectivity index (χ2n) is 13.9. The maximum atomic E-state index is 12.8. The predicted molar refractivity (Wildman–Crippen MR) is 195 cm³/mol. The van der Waals surface area contributed by atoms with Gasteiger partial charge in [-0.1, -0.05) is 29.3 Å². The summed E-state index contributed by atoms with van der Waals surface area (Å²) in [6, 6.07) is 9.53. The van der Waals surface area contributed by atoms with Gasteiger partial charge in [0.15, 0.2) is 0 Å². The summed E-state index contributed by atoms with van der Waals surface area (Å²) < 4.78 is 11.3. The normalized spacial score (nSPS) is 16.8. The molecule has 2 fully saturated rings. The van der Waals surface area contributed by atoms with Gasteiger partial charge in [-0.3, -0.25) is 19.3 Å². The van der Waals surface area contributed by atoms with E-state index in [2.05, 4.69) is 20.4 Å². The molecular formula is C36H48Cl2N6O6. The van der Waals surface area contributed by atoms with Gasteiger partial charge in [-0.15, -0.1) is 0 Å². The van der Waals surface area contributed by atoms with E-state index in [1.807, 2.05) is 45.0 Å². The monoisotopic (exact) mass is 730 g/mol. The van der Waals surface area contributed by atoms with E-state index in [9.17, 15) is 19.2 Å². The zero-order valence-electron chi connectivity index (χ0n) is 29.2. The van der Waals surface area contributed by atoms with Crippen molar-refractivity contribution in [3.63, 3.8) is 0 Å². The van der Waals surface area contributed by atoms with E-state index >= 15 is 0 Å². The van der Waals surface area contributed by atoms with Crippen molar-refractivity contribution < 1.29 is 28.7 Å². The number of carbonyl (C=O) groups is 4. The highest BCUT2D eigenvalue weighted by molar-refractivity contribution is 6.45. The van der Waals surface area contributed by atoms with Crippen LogP contribution < -0.4 is 20.3 Å². The number of halogens is 2. The molecule has 0 spiro atoms. The lowest BCUT2D eigenvalue weighted by atomic mass is 10.0. The predicted octanol–water partition coefficient (Wildman–Crippen LogP) is 5.66. The number of fused-ring (bicyclic) bond motifs is 1. The average Bonchev–Trinajstić information content (AvgIpc) is 3.08. The molecule has 0 atom stereocenters. The molecule has 4 amide bonds. The summed E-state index contributed by atoms with van der Waals surface area (Å²) in [5, 5.41) is 6.37. The van der Waals surface area contributed by atoms with Crippen LogP contribution in [-0.4, -0.2) is 110 Å². The molecule has 5 rings (SSSR count). The van der Waals surface area contributed by atoms with Crippen LogP contribution >= 0.6 is 23.2 Å². The molecule has 0 unspecified atom stereocenters. The molecule has 272 valence electrons. The van der Waals surface area contributed by atoms with Gasteiger partial charge in [0.2, 0.25) is 17.7 Å². The van der Waals surface area contributed by atoms with E-state index in [1.165, 1.54) is 0 Å². The molecule has 3 aliphatic heterocycles. The molecule has 0 aromatic heterocycles. The van der Waals surface area contributed by atoms with Crippen LogP contribution in [-0.2, 0) is 25.5 Å². The number of carbonyl (C=O) groups excluding carboxylic acids is 4. The highest BCUT2D eigenvalue weighted by atomic mass is 35.5. The summed E-state index contributed by atoms with van der Waals surface area (Å²) in [5.74, 6) is 0.360. The fourth-order valence-electron chi connectivity index (χ4n) is 6.22. The van der Waals surface area contributed by atoms with E-state index in [0.29, 0.717) is 49.9 Å². The molecule has 0 radical (unpaired) electrons. The first-order chi connectivity index (χ1) is 23.9. The first-order valence-electron chi connectivity index (χ1n) is 17.4. The van der Waals surface area contributed by atoms with Crippen LogP contribution in [0.1, 0.15) is 58.4 Å². The minimum Gasteiger partial charge on any atom is -0.494 e. The first kappa shape index (κ1) is 37.5. The van der Waals surface area contributed by atoms with E-state index in [-0.39, 0.29) is 41.7 Å². The van der Waals surface area contributed by atoms with Crippen molar-refractivity contribution in [3.8, 4) is 5.75 Å². The third kappa shape index (κ3) is 10.4. The third-order valence-corrected chi connectivity index (χ3v) is 9.89. The largest absolute Gasteiger partial charge is 0.494 e. The molecular weight excluding hydrogens is 683 g/mol. The Morgan fingerprint density at radius 3 is 2.30 bits per heavy atom. The van der Waals surface area contributed by atoms with Crippen molar-refractivity contribution in [1.82, 2.24) is 14.7 Å². The van der Waals surface area contributed by atoms with Crippen LogP contribution in [0.2, 0.25) is 10.0 Å². The minimum atomic E-state index is -0.577. The van der Waals surface area contributed by atoms with E-state index in [1.54, 1.807) is 15.9 Å². The maximum absolute atomic E-state index is 12.8. The Morgan fingerprint density at radius 1 is 0.860 bits per heavy atom. The summed E-state index contributed by atoms with van der Waals surface area (Å²) in [6.45, 7) is 12.0. The molecule has 12 nitrogen and oxygen atoms in total. The van der Waals surface area contributed by atoms with Crippen molar-refractivity contribution in [3.05, 3.63) is 45.9 Å². The zero-order chi connectivity index (χ0) is 35.8. The summed E-state index contributed by atoms with van der Waals surface area (Å²) in [7, 11) is 0. The molecule has 2 N–H and O–H groups in total. The van der Waals surface area contributed by atoms with Crippen molar-refractivity contribution in [2.75, 3.05) is 81.0 Å². The quantitative estimate of drug-likeness (QED) is 0.284. The van der Waals surface area contributed by atoms with Crippen LogP contribution in [0, 0.1) is 0 Å². The number of ether oxygens (including phenoxy) is 2. The van der Waals surface area contributed by atoms with Gasteiger partial charge in [0.05, 0.1) is 28.0 Å². The minimum absolute atomic E-state index is 0.00255. The van der Waals surface area contributed by atoms with Crippen LogP contribution in [0.4, 0.5) is 21.9 Å². The maximum Gasteiger partial charge on any atom is 0.410 e. The number of nitrogens with one attached hydrogen (secondary N) is 2. The molecule has 14 heteroatoms. The van der Waals surface area contributed by atoms with Gasteiger partial charge >= 0.3 is 6.09 Å². The Morgan fingerprint density at radius 2 is 1.58 bits per heavy atom. The Bertz CT molecular complexity index is 1550. The molecule has 0 bridgehead atoms. The Balaban J connectivity index is 0.985. The van der Waals surface area contributed by atoms with Gasteiger partial charge in [0.1, 0.15) is 11.4 Å². The van der Waals surface area contributed by atoms with Crippen LogP contribution in [0.5, 0.6) is 5.75 Å². The van der Waals surface area contributed by atoms with E-state index < -0.39 is 5.60 Å². The number of anilines is 3. The number of piperazine rings is 2. The molecule has 2 aromatic carbocycles. The number of benzene rings is 2. The molecule has 2 aromatic rings. The highest BCUT2D eigenvalue weighted by Gasteiger charge is 2.28. The molecule has 2 saturated heterocycles. The van der Waals surface area contributed by atoms with Crippen LogP contribution in [0.15, 0.2) is 30.3 Å². The molecule has 3 aliphatic rings. The van der Waals surface area contributed by atoms with Crippen molar-refractivity contribution in [2.45, 2.75) is 64.9 Å². The number of nitrogens with zero attached hydrogens (tertiary/aromatic N) is 4. The Labute approximate surface area is 304 Å². The summed E-state index contributed by atoms with van der Waals surface area (Å²) >= 11 is 13.3. The molecule has 3 heterocycles. The summed E-state index contributed by atoms with van der Waals surface area (Å²) in [5.41, 5.74) is 2.65. The molecule has 0 saturated carbocycles. The van der Waals surface area contributed by atoms with Gasteiger partial charge < -0.3 is 34.8 Å². The number of hydrogen-bond donors (Lipinski definition) is 2. The average molecular weight is 732 g/mol. The van der Waals surface area contributed by atoms with Crippen LogP contribution in [0.3, 0.4) is 0 Å². The molecule has 0 aliphatic carbocycles. The lowest BCUT2D eigenvalue weighted by Gasteiger charge is -2.36. The SMILES string of the molecule is CC(C)(C)OC(=O)N1CCN(C(=O)CCC(=O)Nc2ccc(N3CCN(CCCCOc4ccc5c(c4)NC(=O)CC5)CC3)c(Cl)c2Cl)CC1. The standard InChI is InChI=1S/C36H48Cl2N6O6/c1-36(2,3)50-35(48)44-21-19-43(20-22-44)32(47)13-12-31(46)39-27-9-10-29(34(38)33(27)37)42-17-15-41(16-18-42)14-4-5-23-49-26-8-6-25-7-11-30(45)40-28(25)24-26/h6,8-10,24H,4-5,7,11-23H2,1-3H3,(H,39,46)(H,40,45). The second kappa shape index (κ2) is 17.0. The smallest absolute Gasteiger partial charge is 0.410 e. The number of unbranched alkanes of at least 4 members (excludes halogenated alkanes) is 1. The van der Waals surface area contributed by atoms with E-state index in [4.69, 9.17) is 32.7 Å². The summed E-state index contributed by atoms with van der Waals surface area (Å²) in [4.78, 5) is 57.3. The fraction of sp³-hybridized carbons (Fsp3) is 0.556. The van der Waals surface area contributed by atoms with E-state index in [0.717, 1.165) is 74.7 Å². The van der Waals surface area contributed by atoms with Crippen molar-refractivity contribution in [2.24, 2.45) is 0 Å². The van der Waals surface area contributed by atoms with Crippen LogP contribution in [0.25, 0.3) is 0 Å². The van der Waals surface area contributed by atoms with Gasteiger partial charge in [0, 0.05) is 83.4 Å². The van der Waals surface area contributed by atoms with Crippen molar-refractivity contribution >= 4 is 64.1 Å². The Kier molecular flexibility index (Phi) is 12.7. The highest BCUT2D eigenvalue weighted by Crippen LogP contribution is 2.38. The lowest BCUT2D eigenvalue weighted by molar-refractivity contribution is -0.134. The zero-order valence-corrected chi connectivity index (χ0v) is 30.7. The number of rotatable bonds is 11. The molecule has 50 heavy (non-hydrogen) atoms. The van der Waals surface area contributed by atoms with Gasteiger partial charge in [-0.25, -0.2) is 4.79 Å². The Hall–Kier alpha value is -3.74. The lowest BCUT2D eigenvalue weighted by Crippen LogP contribution is -2.51. The first-order valence-corrected chi connectivity index (χ1v) is 18.2. The van der Waals surface area contributed by atoms with Gasteiger partial charge in [0.25, 0.3) is 0 Å². The summed E-state index contributed by atoms with van der Waals surface area (Å²) in [6.07, 6.45) is 2.91. The van der Waals surface area contributed by atoms with Crippen molar-refractivity contribution in [1.29, 1.82) is 0 Å². The number of amides is 4. The fourth-order valence-corrected chi connectivity index (χ4v) is 6.71. The number of aryl methyl sites for hydroxylation is 1. The second-order valence-corrected chi connectivity index (χ2v) is 14.7. The van der Waals surface area contributed by atoms with Gasteiger partial charge in [-0.2, -0.15) is 0 Å².